The zero-order chi connectivity index (χ0) is 18.7. The Bertz CT molecular complexity index is 951. The summed E-state index contributed by atoms with van der Waals surface area (Å²) in [5.74, 6) is 0.834. The van der Waals surface area contributed by atoms with Gasteiger partial charge >= 0.3 is 0 Å². The van der Waals surface area contributed by atoms with E-state index in [9.17, 15) is 13.7 Å². The fourth-order valence-electron chi connectivity index (χ4n) is 2.87. The summed E-state index contributed by atoms with van der Waals surface area (Å²) in [4.78, 5) is 6.22. The van der Waals surface area contributed by atoms with Gasteiger partial charge in [0.25, 0.3) is 0 Å². The number of methoxy groups -OCH3 is 1. The topological polar surface area (TPSA) is 86.5 Å². The molecule has 0 bridgehead atoms. The maximum absolute atomic E-state index is 13.0. The number of benzene rings is 1. The van der Waals surface area contributed by atoms with Gasteiger partial charge in [-0.25, -0.2) is 13.4 Å². The lowest BCUT2D eigenvalue weighted by atomic mass is 10.2. The van der Waals surface area contributed by atoms with Crippen molar-refractivity contribution in [2.24, 2.45) is 0 Å². The predicted octanol–water partition coefficient (Wildman–Crippen LogP) is 2.13. The van der Waals surface area contributed by atoms with Crippen LogP contribution in [0.2, 0.25) is 5.02 Å². The Morgan fingerprint density at radius 2 is 1.96 bits per heavy atom. The van der Waals surface area contributed by atoms with E-state index >= 15 is 0 Å². The molecule has 1 aliphatic heterocycles. The number of rotatable bonds is 4. The minimum atomic E-state index is -3.74. The molecule has 1 aliphatic rings. The van der Waals surface area contributed by atoms with E-state index in [0.29, 0.717) is 29.5 Å². The second kappa shape index (κ2) is 7.50. The average molecular weight is 393 g/mol. The first kappa shape index (κ1) is 18.5. The highest BCUT2D eigenvalue weighted by atomic mass is 35.5. The van der Waals surface area contributed by atoms with Crippen molar-refractivity contribution in [1.29, 1.82) is 5.26 Å². The Morgan fingerprint density at radius 3 is 2.62 bits per heavy atom. The molecule has 0 spiro atoms. The largest absolute Gasteiger partial charge is 0.495 e. The van der Waals surface area contributed by atoms with Crippen molar-refractivity contribution in [3.8, 4) is 11.8 Å². The van der Waals surface area contributed by atoms with Gasteiger partial charge in [0.05, 0.1) is 12.7 Å². The SMILES string of the molecule is COc1ccc(Cl)cc1S(=O)(=O)N1CCN(c2ncccc2C#N)CC1. The highest BCUT2D eigenvalue weighted by molar-refractivity contribution is 7.89. The van der Waals surface area contributed by atoms with Crippen molar-refractivity contribution in [1.82, 2.24) is 9.29 Å². The van der Waals surface area contributed by atoms with Crippen molar-refractivity contribution in [2.45, 2.75) is 4.90 Å². The molecule has 1 fully saturated rings. The molecule has 26 heavy (non-hydrogen) atoms. The van der Waals surface area contributed by atoms with E-state index in [4.69, 9.17) is 16.3 Å². The van der Waals surface area contributed by atoms with Gasteiger partial charge in [0, 0.05) is 37.4 Å². The third-order valence-corrected chi connectivity index (χ3v) is 6.34. The molecule has 136 valence electrons. The van der Waals surface area contributed by atoms with Crippen LogP contribution in [0, 0.1) is 11.3 Å². The van der Waals surface area contributed by atoms with E-state index in [2.05, 4.69) is 11.1 Å². The quantitative estimate of drug-likeness (QED) is 0.792. The van der Waals surface area contributed by atoms with E-state index < -0.39 is 10.0 Å². The third kappa shape index (κ3) is 3.46. The van der Waals surface area contributed by atoms with Crippen molar-refractivity contribution in [3.05, 3.63) is 47.1 Å². The molecule has 0 amide bonds. The summed E-state index contributed by atoms with van der Waals surface area (Å²) in [5.41, 5.74) is 0.473. The number of piperazine rings is 1. The first-order valence-corrected chi connectivity index (χ1v) is 9.73. The number of nitrogens with zero attached hydrogens (tertiary/aromatic N) is 4. The summed E-state index contributed by atoms with van der Waals surface area (Å²) < 4.78 is 32.5. The Balaban J connectivity index is 1.82. The molecule has 2 aromatic rings. The molecule has 1 aromatic heterocycles. The normalized spacial score (nSPS) is 15.5. The number of hydrogen-bond acceptors (Lipinski definition) is 6. The van der Waals surface area contributed by atoms with Gasteiger partial charge in [-0.05, 0) is 30.3 Å². The zero-order valence-corrected chi connectivity index (χ0v) is 15.7. The lowest BCUT2D eigenvalue weighted by molar-refractivity contribution is 0.373. The van der Waals surface area contributed by atoms with E-state index in [0.717, 1.165) is 0 Å². The average Bonchev–Trinajstić information content (AvgIpc) is 2.68. The third-order valence-electron chi connectivity index (χ3n) is 4.19. The smallest absolute Gasteiger partial charge is 0.246 e. The highest BCUT2D eigenvalue weighted by Crippen LogP contribution is 2.30. The second-order valence-corrected chi connectivity index (χ2v) is 8.02. The van der Waals surface area contributed by atoms with Crippen LogP contribution < -0.4 is 9.64 Å². The summed E-state index contributed by atoms with van der Waals surface area (Å²) in [7, 11) is -2.32. The van der Waals surface area contributed by atoms with Crippen molar-refractivity contribution in [2.75, 3.05) is 38.2 Å². The zero-order valence-electron chi connectivity index (χ0n) is 14.1. The molecule has 0 unspecified atom stereocenters. The molecule has 1 saturated heterocycles. The summed E-state index contributed by atoms with van der Waals surface area (Å²) in [5, 5.41) is 9.54. The van der Waals surface area contributed by atoms with E-state index in [1.54, 1.807) is 30.5 Å². The first-order valence-electron chi connectivity index (χ1n) is 7.91. The molecule has 0 radical (unpaired) electrons. The van der Waals surface area contributed by atoms with Crippen LogP contribution in [0.5, 0.6) is 5.75 Å². The van der Waals surface area contributed by atoms with Crippen LogP contribution in [-0.4, -0.2) is 51.0 Å². The molecule has 0 saturated carbocycles. The Labute approximate surface area is 157 Å². The van der Waals surface area contributed by atoms with Crippen LogP contribution in [0.4, 0.5) is 5.82 Å². The van der Waals surface area contributed by atoms with Gasteiger partial charge in [-0.3, -0.25) is 0 Å². The van der Waals surface area contributed by atoms with Gasteiger partial charge < -0.3 is 9.64 Å². The minimum Gasteiger partial charge on any atom is -0.495 e. The van der Waals surface area contributed by atoms with Gasteiger partial charge in [-0.1, -0.05) is 11.6 Å². The molecule has 0 aliphatic carbocycles. The Kier molecular flexibility index (Phi) is 5.32. The van der Waals surface area contributed by atoms with Crippen molar-refractivity contribution < 1.29 is 13.2 Å². The highest BCUT2D eigenvalue weighted by Gasteiger charge is 2.31. The van der Waals surface area contributed by atoms with Crippen LogP contribution in [0.1, 0.15) is 5.56 Å². The summed E-state index contributed by atoms with van der Waals surface area (Å²) >= 11 is 5.97. The fraction of sp³-hybridized carbons (Fsp3) is 0.294. The number of nitriles is 1. The molecule has 7 nitrogen and oxygen atoms in total. The fourth-order valence-corrected chi connectivity index (χ4v) is 4.71. The van der Waals surface area contributed by atoms with Gasteiger partial charge in [0.15, 0.2) is 0 Å². The maximum atomic E-state index is 13.0. The predicted molar refractivity (Wildman–Crippen MR) is 97.9 cm³/mol. The standard InChI is InChI=1S/C17H17ClN4O3S/c1-25-15-5-4-14(18)11-16(15)26(23,24)22-9-7-21(8-10-22)17-13(12-19)3-2-6-20-17/h2-6,11H,7-10H2,1H3. The van der Waals surface area contributed by atoms with E-state index in [-0.39, 0.29) is 23.7 Å². The lowest BCUT2D eigenvalue weighted by Crippen LogP contribution is -2.49. The summed E-state index contributed by atoms with van der Waals surface area (Å²) in [6.45, 7) is 1.43. The molecule has 1 aromatic carbocycles. The molecular weight excluding hydrogens is 376 g/mol. The van der Waals surface area contributed by atoms with Crippen LogP contribution in [0.15, 0.2) is 41.4 Å². The molecule has 2 heterocycles. The number of pyridine rings is 1. The van der Waals surface area contributed by atoms with Crippen LogP contribution in [0.25, 0.3) is 0 Å². The Hall–Kier alpha value is -2.34. The molecular formula is C17H17ClN4O3S. The summed E-state index contributed by atoms with van der Waals surface area (Å²) in [6, 6.07) is 10.0. The molecule has 0 atom stereocenters. The first-order chi connectivity index (χ1) is 12.5. The number of aromatic nitrogens is 1. The van der Waals surface area contributed by atoms with Gasteiger partial charge in [-0.2, -0.15) is 9.57 Å². The van der Waals surface area contributed by atoms with Gasteiger partial charge in [0.1, 0.15) is 22.5 Å². The molecule has 9 heteroatoms. The number of halogens is 1. The van der Waals surface area contributed by atoms with Crippen molar-refractivity contribution >= 4 is 27.4 Å². The maximum Gasteiger partial charge on any atom is 0.246 e. The summed E-state index contributed by atoms with van der Waals surface area (Å²) in [6.07, 6.45) is 1.62. The minimum absolute atomic E-state index is 0.0523. The number of anilines is 1. The monoisotopic (exact) mass is 392 g/mol. The van der Waals surface area contributed by atoms with Crippen LogP contribution >= 0.6 is 11.6 Å². The Morgan fingerprint density at radius 1 is 1.23 bits per heavy atom. The van der Waals surface area contributed by atoms with Gasteiger partial charge in [0.2, 0.25) is 10.0 Å². The van der Waals surface area contributed by atoms with Crippen molar-refractivity contribution in [3.63, 3.8) is 0 Å². The second-order valence-electron chi connectivity index (χ2n) is 5.67. The van der Waals surface area contributed by atoms with Crippen LogP contribution in [-0.2, 0) is 10.0 Å². The van der Waals surface area contributed by atoms with Gasteiger partial charge in [-0.15, -0.1) is 0 Å². The lowest BCUT2D eigenvalue weighted by Gasteiger charge is -2.35. The van der Waals surface area contributed by atoms with Crippen LogP contribution in [0.3, 0.4) is 0 Å². The van der Waals surface area contributed by atoms with E-state index in [1.165, 1.54) is 17.5 Å². The molecule has 0 N–H and O–H groups in total. The number of sulfonamides is 1. The van der Waals surface area contributed by atoms with E-state index in [1.807, 2.05) is 4.90 Å². The number of ether oxygens (including phenoxy) is 1. The number of hydrogen-bond donors (Lipinski definition) is 0. The molecule has 3 rings (SSSR count).